The van der Waals surface area contributed by atoms with E-state index >= 15 is 0 Å². The van der Waals surface area contributed by atoms with Crippen LogP contribution in [-0.4, -0.2) is 140 Å². The van der Waals surface area contributed by atoms with Gasteiger partial charge in [0.25, 0.3) is 0 Å². The third-order valence-electron chi connectivity index (χ3n) is 15.2. The Morgan fingerprint density at radius 3 is 2.36 bits per heavy atom. The molecular weight excluding hydrogens is 891 g/mol. The number of rotatable bonds is 21. The number of nitrogens with one attached hydrogen (secondary N) is 5. The predicted molar refractivity (Wildman–Crippen MR) is 245 cm³/mol. The van der Waals surface area contributed by atoms with E-state index in [9.17, 15) is 42.0 Å². The van der Waals surface area contributed by atoms with E-state index in [1.165, 1.54) is 36.4 Å². The van der Waals surface area contributed by atoms with Crippen LogP contribution in [0.4, 0.5) is 0 Å². The number of unbranched alkanes of at least 4 members (excludes halogenated alkanes) is 3. The first-order valence-corrected chi connectivity index (χ1v) is 27.7. The maximum atomic E-state index is 13.7. The second kappa shape index (κ2) is 23.9. The van der Waals surface area contributed by atoms with Crippen molar-refractivity contribution >= 4 is 63.1 Å². The number of nitrogens with zero attached hydrogens (tertiary/aromatic N) is 2. The zero-order chi connectivity index (χ0) is 46.8. The molecule has 20 heteroatoms. The van der Waals surface area contributed by atoms with Gasteiger partial charge < -0.3 is 25.4 Å². The third-order valence-corrected chi connectivity index (χ3v) is 17.6. The molecule has 7 amide bonds. The number of piperidine rings is 1. The molecule has 0 aromatic carbocycles. The number of thioether (sulfide) groups is 1. The van der Waals surface area contributed by atoms with Crippen LogP contribution in [0.2, 0.25) is 0 Å². The van der Waals surface area contributed by atoms with Crippen molar-refractivity contribution in [1.29, 1.82) is 0 Å². The van der Waals surface area contributed by atoms with Crippen LogP contribution in [0.1, 0.15) is 128 Å². The molecule has 0 aromatic rings. The van der Waals surface area contributed by atoms with Crippen LogP contribution in [0, 0.1) is 35.5 Å². The molecule has 18 nitrogen and oxygen atoms in total. The van der Waals surface area contributed by atoms with Gasteiger partial charge in [-0.15, -0.1) is 11.8 Å². The van der Waals surface area contributed by atoms with Gasteiger partial charge in [-0.05, 0) is 94.8 Å². The first-order chi connectivity index (χ1) is 31.7. The van der Waals surface area contributed by atoms with E-state index in [0.29, 0.717) is 69.2 Å². The van der Waals surface area contributed by atoms with Gasteiger partial charge in [-0.1, -0.05) is 38.5 Å². The first-order valence-electron chi connectivity index (χ1n) is 24.8. The fourth-order valence-electron chi connectivity index (χ4n) is 11.2. The highest BCUT2D eigenvalue weighted by molar-refractivity contribution is 8.00. The van der Waals surface area contributed by atoms with Gasteiger partial charge in [-0.25, -0.2) is 12.7 Å². The average Bonchev–Trinajstić information content (AvgIpc) is 4.05. The minimum absolute atomic E-state index is 0.0180. The van der Waals surface area contributed by atoms with E-state index < -0.39 is 51.7 Å². The van der Waals surface area contributed by atoms with Crippen molar-refractivity contribution < 1.29 is 51.5 Å². The molecule has 7 rings (SSSR count). The summed E-state index contributed by atoms with van der Waals surface area (Å²) < 4.78 is 37.8. The highest BCUT2D eigenvalue weighted by Gasteiger charge is 2.56. The Morgan fingerprint density at radius 2 is 1.62 bits per heavy atom. The lowest BCUT2D eigenvalue weighted by Crippen LogP contribution is -2.55. The molecule has 3 saturated carbocycles. The molecule has 4 saturated heterocycles. The SMILES string of the molecule is CS(=O)(=O)N1CCC(C(=O)N[C@@H](COCC2CCC(CNC(=O)CCCCCCOC3CCCC4C(=O)N(C5CCC(=O)NC5=O)C(=O)C34)CC2)C(=O)NC2NC(C3CCCCC3)CS2)C1. The minimum Gasteiger partial charge on any atom is -0.378 e. The number of hydrogen-bond acceptors (Lipinski definition) is 13. The average molecular weight is 964 g/mol. The summed E-state index contributed by atoms with van der Waals surface area (Å²) in [5.74, 6) is -1.70. The van der Waals surface area contributed by atoms with Crippen molar-refractivity contribution in [1.82, 2.24) is 35.8 Å². The smallest absolute Gasteiger partial charge is 0.249 e. The molecule has 3 aliphatic carbocycles. The summed E-state index contributed by atoms with van der Waals surface area (Å²) in [4.78, 5) is 91.5. The molecule has 5 N–H and O–H groups in total. The normalized spacial score (nSPS) is 31.7. The lowest BCUT2D eigenvalue weighted by atomic mass is 9.79. The zero-order valence-corrected chi connectivity index (χ0v) is 40.3. The Bertz CT molecular complexity index is 1860. The van der Waals surface area contributed by atoms with E-state index in [1.54, 1.807) is 11.8 Å². The number of fused-ring (bicyclic) bond motifs is 1. The summed E-state index contributed by atoms with van der Waals surface area (Å²) in [7, 11) is -3.41. The number of sulfonamides is 1. The van der Waals surface area contributed by atoms with Gasteiger partial charge in [-0.2, -0.15) is 0 Å². The topological polar surface area (TPSA) is 239 Å². The maximum Gasteiger partial charge on any atom is 0.249 e. The molecule has 4 aliphatic heterocycles. The van der Waals surface area contributed by atoms with Gasteiger partial charge in [0.2, 0.25) is 51.4 Å². The number of ether oxygens (including phenoxy) is 2. The van der Waals surface area contributed by atoms with Crippen LogP contribution >= 0.6 is 11.8 Å². The molecular formula is C46H73N7O11S2. The Kier molecular flexibility index (Phi) is 18.4. The van der Waals surface area contributed by atoms with Crippen LogP contribution in [0.25, 0.3) is 0 Å². The summed E-state index contributed by atoms with van der Waals surface area (Å²) in [6, 6.07) is -1.50. The second-order valence-corrected chi connectivity index (χ2v) is 23.1. The van der Waals surface area contributed by atoms with E-state index in [2.05, 4.69) is 26.6 Å². The molecule has 7 fully saturated rings. The molecule has 0 spiro atoms. The molecule has 8 atom stereocenters. The van der Waals surface area contributed by atoms with E-state index in [-0.39, 0.29) is 73.7 Å². The van der Waals surface area contributed by atoms with Gasteiger partial charge in [0.05, 0.1) is 36.7 Å². The van der Waals surface area contributed by atoms with Crippen LogP contribution in [0.15, 0.2) is 0 Å². The van der Waals surface area contributed by atoms with Gasteiger partial charge in [0.15, 0.2) is 0 Å². The highest BCUT2D eigenvalue weighted by Crippen LogP contribution is 2.41. The molecule has 0 bridgehead atoms. The highest BCUT2D eigenvalue weighted by atomic mass is 32.2. The van der Waals surface area contributed by atoms with Crippen molar-refractivity contribution in [3.05, 3.63) is 0 Å². The number of carbonyl (C=O) groups excluding carboxylic acids is 7. The van der Waals surface area contributed by atoms with Crippen LogP contribution in [0.3, 0.4) is 0 Å². The molecule has 7 aliphatic rings. The molecule has 7 unspecified atom stereocenters. The van der Waals surface area contributed by atoms with Crippen LogP contribution in [0.5, 0.6) is 0 Å². The quantitative estimate of drug-likeness (QED) is 0.0822. The van der Waals surface area contributed by atoms with E-state index in [4.69, 9.17) is 9.47 Å². The summed E-state index contributed by atoms with van der Waals surface area (Å²) in [5.41, 5.74) is -0.251. The standard InChI is InChI=1S/C46H73N7O11S2/c1-66(61,62)52-22-21-32(25-52)41(56)48-34(42(57)51-46-49-35(28-65-46)31-10-5-4-6-11-31)27-63-26-30-17-15-29(16-18-30)24-47-38(54)14-7-2-3-8-23-64-37-13-9-12-33-40(37)45(60)53(44(33)59)36-19-20-39(55)50-43(36)58/h29-37,40,46,49H,2-28H2,1H3,(H,47,54)(H,48,56)(H,51,57)(H,50,55,58)/t29?,30?,32?,33?,34-,35?,36?,37?,40?,46?/m0/s1. The first kappa shape index (κ1) is 50.7. The molecule has 370 valence electrons. The Labute approximate surface area is 394 Å². The summed E-state index contributed by atoms with van der Waals surface area (Å²) in [6.07, 6.45) is 17.1. The van der Waals surface area contributed by atoms with E-state index in [0.717, 1.165) is 74.7 Å². The molecule has 0 radical (unpaired) electrons. The predicted octanol–water partition coefficient (Wildman–Crippen LogP) is 2.30. The lowest BCUT2D eigenvalue weighted by Gasteiger charge is -2.30. The summed E-state index contributed by atoms with van der Waals surface area (Å²) in [6.45, 7) is 1.93. The maximum absolute atomic E-state index is 13.7. The Morgan fingerprint density at radius 1 is 0.864 bits per heavy atom. The van der Waals surface area contributed by atoms with Crippen LogP contribution < -0.4 is 26.6 Å². The van der Waals surface area contributed by atoms with Crippen molar-refractivity contribution in [2.45, 2.75) is 158 Å². The Hall–Kier alpha value is -3.17. The van der Waals surface area contributed by atoms with Crippen molar-refractivity contribution in [2.24, 2.45) is 35.5 Å². The second-order valence-electron chi connectivity index (χ2n) is 19.9. The fraction of sp³-hybridized carbons (Fsp3) is 0.848. The summed E-state index contributed by atoms with van der Waals surface area (Å²) >= 11 is 1.68. The minimum atomic E-state index is -3.41. The van der Waals surface area contributed by atoms with Crippen LogP contribution in [-0.2, 0) is 53.1 Å². The number of hydrogen-bond donors (Lipinski definition) is 5. The molecule has 0 aromatic heterocycles. The van der Waals surface area contributed by atoms with Gasteiger partial charge >= 0.3 is 0 Å². The summed E-state index contributed by atoms with van der Waals surface area (Å²) in [5, 5.41) is 14.9. The number of imide groups is 2. The van der Waals surface area contributed by atoms with E-state index in [1.807, 2.05) is 0 Å². The molecule has 66 heavy (non-hydrogen) atoms. The number of carbonyl (C=O) groups is 7. The fourth-order valence-corrected chi connectivity index (χ4v) is 13.4. The van der Waals surface area contributed by atoms with Crippen molar-refractivity contribution in [2.75, 3.05) is 51.5 Å². The van der Waals surface area contributed by atoms with Gasteiger partial charge in [-0.3, -0.25) is 49.1 Å². The van der Waals surface area contributed by atoms with Crippen molar-refractivity contribution in [3.63, 3.8) is 0 Å². The lowest BCUT2D eigenvalue weighted by molar-refractivity contribution is -0.152. The molecule has 4 heterocycles. The van der Waals surface area contributed by atoms with Gasteiger partial charge in [0, 0.05) is 57.5 Å². The van der Waals surface area contributed by atoms with Crippen molar-refractivity contribution in [3.8, 4) is 0 Å². The number of likely N-dealkylation sites (tertiary alicyclic amines) is 1. The largest absolute Gasteiger partial charge is 0.378 e. The monoisotopic (exact) mass is 963 g/mol. The number of amides is 7. The Balaban J connectivity index is 0.754. The zero-order valence-electron chi connectivity index (χ0n) is 38.6. The third kappa shape index (κ3) is 13.5. The van der Waals surface area contributed by atoms with Gasteiger partial charge in [0.1, 0.15) is 17.6 Å².